The number of imide groups is 1. The molecule has 1 aromatic carbocycles. The molecule has 0 atom stereocenters. The molecule has 7 heteroatoms. The van der Waals surface area contributed by atoms with Crippen LogP contribution >= 0.6 is 0 Å². The summed E-state index contributed by atoms with van der Waals surface area (Å²) >= 11 is 0. The van der Waals surface area contributed by atoms with Gasteiger partial charge in [0.15, 0.2) is 0 Å². The lowest BCUT2D eigenvalue weighted by molar-refractivity contribution is -0.148. The number of hydrogen-bond acceptors (Lipinski definition) is 5. The number of carbonyl (C=O) groups excluding carboxylic acids is 4. The van der Waals surface area contributed by atoms with Crippen LogP contribution in [0.25, 0.3) is 0 Å². The molecule has 1 heterocycles. The van der Waals surface area contributed by atoms with E-state index in [0.29, 0.717) is 0 Å². The molecule has 1 aliphatic heterocycles. The Kier molecular flexibility index (Phi) is 6.27. The van der Waals surface area contributed by atoms with Gasteiger partial charge in [0.05, 0.1) is 7.11 Å². The molecule has 0 radical (unpaired) electrons. The Morgan fingerprint density at radius 3 is 2.40 bits per heavy atom. The van der Waals surface area contributed by atoms with E-state index in [4.69, 9.17) is 0 Å². The lowest BCUT2D eigenvalue weighted by atomic mass is 10.1. The zero-order chi connectivity index (χ0) is 18.4. The monoisotopic (exact) mass is 346 g/mol. The standard InChI is InChI=1S/C18H22N2O5/c1-13-5-3-4-6-14(13)11-19(12-18(24)25-2)15(21)9-10-20-16(22)7-8-17(20)23/h3-6H,7-12H2,1-2H3. The zero-order valence-electron chi connectivity index (χ0n) is 14.5. The first-order chi connectivity index (χ1) is 11.9. The van der Waals surface area contributed by atoms with E-state index in [1.165, 1.54) is 12.0 Å². The molecule has 0 N–H and O–H groups in total. The van der Waals surface area contributed by atoms with E-state index in [0.717, 1.165) is 16.0 Å². The van der Waals surface area contributed by atoms with Crippen molar-refractivity contribution in [1.29, 1.82) is 0 Å². The van der Waals surface area contributed by atoms with Crippen LogP contribution in [-0.2, 0) is 30.5 Å². The highest BCUT2D eigenvalue weighted by Crippen LogP contribution is 2.14. The fraction of sp³-hybridized carbons (Fsp3) is 0.444. The number of carbonyl (C=O) groups is 4. The number of hydrogen-bond donors (Lipinski definition) is 0. The molecule has 3 amide bonds. The van der Waals surface area contributed by atoms with Crippen LogP contribution in [0, 0.1) is 6.92 Å². The van der Waals surface area contributed by atoms with Gasteiger partial charge in [-0.15, -0.1) is 0 Å². The van der Waals surface area contributed by atoms with E-state index >= 15 is 0 Å². The van der Waals surface area contributed by atoms with Crippen molar-refractivity contribution in [3.63, 3.8) is 0 Å². The molecule has 7 nitrogen and oxygen atoms in total. The van der Waals surface area contributed by atoms with Crippen molar-refractivity contribution in [1.82, 2.24) is 9.80 Å². The van der Waals surface area contributed by atoms with Crippen molar-refractivity contribution in [2.75, 3.05) is 20.2 Å². The normalized spacial score (nSPS) is 13.9. The second kappa shape index (κ2) is 8.41. The Bertz CT molecular complexity index is 670. The van der Waals surface area contributed by atoms with Gasteiger partial charge in [-0.3, -0.25) is 24.1 Å². The minimum atomic E-state index is -0.518. The molecule has 0 unspecified atom stereocenters. The third-order valence-electron chi connectivity index (χ3n) is 4.23. The highest BCUT2D eigenvalue weighted by atomic mass is 16.5. The van der Waals surface area contributed by atoms with Gasteiger partial charge in [0, 0.05) is 32.4 Å². The summed E-state index contributed by atoms with van der Waals surface area (Å²) in [7, 11) is 1.26. The highest BCUT2D eigenvalue weighted by molar-refractivity contribution is 6.02. The Hall–Kier alpha value is -2.70. The van der Waals surface area contributed by atoms with Crippen molar-refractivity contribution < 1.29 is 23.9 Å². The molecule has 1 fully saturated rings. The van der Waals surface area contributed by atoms with Crippen molar-refractivity contribution in [2.45, 2.75) is 32.7 Å². The van der Waals surface area contributed by atoms with Gasteiger partial charge in [0.2, 0.25) is 17.7 Å². The first-order valence-electron chi connectivity index (χ1n) is 8.14. The molecule has 1 aliphatic rings. The minimum Gasteiger partial charge on any atom is -0.468 e. The lowest BCUT2D eigenvalue weighted by Gasteiger charge is -2.23. The summed E-state index contributed by atoms with van der Waals surface area (Å²) in [5, 5.41) is 0. The lowest BCUT2D eigenvalue weighted by Crippen LogP contribution is -2.39. The largest absolute Gasteiger partial charge is 0.468 e. The maximum atomic E-state index is 12.5. The number of rotatable bonds is 7. The van der Waals surface area contributed by atoms with Gasteiger partial charge >= 0.3 is 5.97 Å². The predicted molar refractivity (Wildman–Crippen MR) is 89.2 cm³/mol. The van der Waals surface area contributed by atoms with E-state index in [1.807, 2.05) is 31.2 Å². The number of methoxy groups -OCH3 is 1. The molecule has 0 aliphatic carbocycles. The molecule has 0 saturated carbocycles. The van der Waals surface area contributed by atoms with Crippen LogP contribution in [0.5, 0.6) is 0 Å². The first kappa shape index (κ1) is 18.6. The molecule has 2 rings (SSSR count). The van der Waals surface area contributed by atoms with Crippen molar-refractivity contribution >= 4 is 23.7 Å². The van der Waals surface area contributed by atoms with Gasteiger partial charge in [-0.1, -0.05) is 24.3 Å². The second-order valence-electron chi connectivity index (χ2n) is 5.94. The SMILES string of the molecule is COC(=O)CN(Cc1ccccc1C)C(=O)CCN1C(=O)CCC1=O. The third-order valence-corrected chi connectivity index (χ3v) is 4.23. The Morgan fingerprint density at radius 2 is 1.80 bits per heavy atom. The molecule has 1 saturated heterocycles. The van der Waals surface area contributed by atoms with Gasteiger partial charge < -0.3 is 9.64 Å². The highest BCUT2D eigenvalue weighted by Gasteiger charge is 2.29. The molecule has 25 heavy (non-hydrogen) atoms. The molecule has 134 valence electrons. The van der Waals surface area contributed by atoms with E-state index in [9.17, 15) is 19.2 Å². The molecule has 0 spiro atoms. The summed E-state index contributed by atoms with van der Waals surface area (Å²) in [5.74, 6) is -1.33. The number of amides is 3. The fourth-order valence-electron chi connectivity index (χ4n) is 2.68. The summed E-state index contributed by atoms with van der Waals surface area (Å²) in [6.07, 6.45) is 0.380. The van der Waals surface area contributed by atoms with Crippen LogP contribution in [0.4, 0.5) is 0 Å². The Balaban J connectivity index is 2.04. The number of aryl methyl sites for hydroxylation is 1. The average Bonchev–Trinajstić information content (AvgIpc) is 2.92. The molecule has 0 bridgehead atoms. The van der Waals surface area contributed by atoms with Gasteiger partial charge in [-0.2, -0.15) is 0 Å². The summed E-state index contributed by atoms with van der Waals surface area (Å²) in [5.41, 5.74) is 1.93. The van der Waals surface area contributed by atoms with Crippen LogP contribution in [0.1, 0.15) is 30.4 Å². The van der Waals surface area contributed by atoms with E-state index in [1.54, 1.807) is 0 Å². The van der Waals surface area contributed by atoms with E-state index in [-0.39, 0.29) is 56.6 Å². The minimum absolute atomic E-state index is 0.0135. The van der Waals surface area contributed by atoms with Crippen LogP contribution in [-0.4, -0.2) is 53.7 Å². The summed E-state index contributed by atoms with van der Waals surface area (Å²) in [4.78, 5) is 49.9. The van der Waals surface area contributed by atoms with Gasteiger partial charge in [-0.25, -0.2) is 0 Å². The van der Waals surface area contributed by atoms with Crippen molar-refractivity contribution in [3.05, 3.63) is 35.4 Å². The van der Waals surface area contributed by atoms with Gasteiger partial charge in [0.1, 0.15) is 6.54 Å². The number of likely N-dealkylation sites (tertiary alicyclic amines) is 1. The predicted octanol–water partition coefficient (Wildman–Crippen LogP) is 1.04. The zero-order valence-corrected chi connectivity index (χ0v) is 14.5. The number of ether oxygens (including phenoxy) is 1. The van der Waals surface area contributed by atoms with Crippen molar-refractivity contribution in [2.24, 2.45) is 0 Å². The van der Waals surface area contributed by atoms with Crippen LogP contribution in [0.2, 0.25) is 0 Å². The van der Waals surface area contributed by atoms with Crippen LogP contribution in [0.15, 0.2) is 24.3 Å². The van der Waals surface area contributed by atoms with Crippen molar-refractivity contribution in [3.8, 4) is 0 Å². The summed E-state index contributed by atoms with van der Waals surface area (Å²) in [6, 6.07) is 7.58. The summed E-state index contributed by atoms with van der Waals surface area (Å²) < 4.78 is 4.66. The fourth-order valence-corrected chi connectivity index (χ4v) is 2.68. The van der Waals surface area contributed by atoms with Crippen LogP contribution < -0.4 is 0 Å². The van der Waals surface area contributed by atoms with E-state index in [2.05, 4.69) is 4.74 Å². The van der Waals surface area contributed by atoms with Gasteiger partial charge in [0.25, 0.3) is 0 Å². The Morgan fingerprint density at radius 1 is 1.16 bits per heavy atom. The first-order valence-corrected chi connectivity index (χ1v) is 8.14. The van der Waals surface area contributed by atoms with E-state index < -0.39 is 5.97 Å². The van der Waals surface area contributed by atoms with Crippen LogP contribution in [0.3, 0.4) is 0 Å². The number of benzene rings is 1. The number of esters is 1. The molecule has 0 aromatic heterocycles. The smallest absolute Gasteiger partial charge is 0.325 e. The van der Waals surface area contributed by atoms with Gasteiger partial charge in [-0.05, 0) is 18.1 Å². The maximum Gasteiger partial charge on any atom is 0.325 e. The molecular formula is C18H22N2O5. The third kappa shape index (κ3) is 4.89. The second-order valence-corrected chi connectivity index (χ2v) is 5.94. The molecular weight excluding hydrogens is 324 g/mol. The number of nitrogens with zero attached hydrogens (tertiary/aromatic N) is 2. The quantitative estimate of drug-likeness (QED) is 0.544. The molecule has 1 aromatic rings. The average molecular weight is 346 g/mol. The summed E-state index contributed by atoms with van der Waals surface area (Å²) in [6.45, 7) is 2.06. The topological polar surface area (TPSA) is 84.0 Å². The maximum absolute atomic E-state index is 12.5. The Labute approximate surface area is 146 Å².